The zero-order valence-corrected chi connectivity index (χ0v) is 15.3. The molecule has 8 heteroatoms. The van der Waals surface area contributed by atoms with Gasteiger partial charge < -0.3 is 14.2 Å². The normalized spacial score (nSPS) is 11.7. The van der Waals surface area contributed by atoms with Crippen molar-refractivity contribution in [2.24, 2.45) is 0 Å². The van der Waals surface area contributed by atoms with Crippen LogP contribution >= 0.6 is 22.6 Å². The zero-order chi connectivity index (χ0) is 16.1. The van der Waals surface area contributed by atoms with E-state index in [-0.39, 0.29) is 18.1 Å². The molecule has 1 aromatic rings. The van der Waals surface area contributed by atoms with Crippen molar-refractivity contribution in [1.29, 1.82) is 0 Å². The quantitative estimate of drug-likeness (QED) is 0.200. The number of hydrogen-bond acceptors (Lipinski definition) is 6. The van der Waals surface area contributed by atoms with Gasteiger partial charge in [0.25, 0.3) is 10.1 Å². The van der Waals surface area contributed by atoms with Crippen LogP contribution in [-0.2, 0) is 28.5 Å². The van der Waals surface area contributed by atoms with Gasteiger partial charge in [-0.2, -0.15) is 8.42 Å². The maximum atomic E-state index is 11.8. The van der Waals surface area contributed by atoms with Gasteiger partial charge in [0.2, 0.25) is 0 Å². The topological polar surface area (TPSA) is 71.1 Å². The molecular formula is C14H21IO6S. The minimum absolute atomic E-state index is 0.0179. The molecule has 0 atom stereocenters. The van der Waals surface area contributed by atoms with E-state index in [0.29, 0.717) is 26.4 Å². The fourth-order valence-electron chi connectivity index (χ4n) is 1.45. The van der Waals surface area contributed by atoms with Crippen LogP contribution in [0.4, 0.5) is 0 Å². The van der Waals surface area contributed by atoms with Crippen molar-refractivity contribution >= 4 is 32.7 Å². The summed E-state index contributed by atoms with van der Waals surface area (Å²) in [7, 11) is -3.70. The molecule has 0 radical (unpaired) electrons. The molecule has 0 saturated heterocycles. The first kappa shape index (κ1) is 19.8. The molecule has 0 heterocycles. The Morgan fingerprint density at radius 1 is 0.773 bits per heavy atom. The lowest BCUT2D eigenvalue weighted by atomic mass is 10.4. The second-order valence-electron chi connectivity index (χ2n) is 4.12. The predicted molar refractivity (Wildman–Crippen MR) is 90.9 cm³/mol. The highest BCUT2D eigenvalue weighted by molar-refractivity contribution is 14.1. The third-order valence-electron chi connectivity index (χ3n) is 2.46. The highest BCUT2D eigenvalue weighted by Gasteiger charge is 2.13. The number of benzene rings is 1. The summed E-state index contributed by atoms with van der Waals surface area (Å²) in [5.74, 6) is 0. The van der Waals surface area contributed by atoms with E-state index < -0.39 is 10.1 Å². The van der Waals surface area contributed by atoms with Gasteiger partial charge >= 0.3 is 0 Å². The fraction of sp³-hybridized carbons (Fsp3) is 0.571. The molecule has 0 N–H and O–H groups in total. The van der Waals surface area contributed by atoms with E-state index in [1.165, 1.54) is 12.1 Å². The number of alkyl halides is 1. The van der Waals surface area contributed by atoms with Crippen molar-refractivity contribution < 1.29 is 26.8 Å². The minimum Gasteiger partial charge on any atom is -0.378 e. The summed E-state index contributed by atoms with van der Waals surface area (Å²) < 4.78 is 45.2. The number of hydrogen-bond donors (Lipinski definition) is 0. The van der Waals surface area contributed by atoms with Gasteiger partial charge in [-0.25, -0.2) is 0 Å². The minimum atomic E-state index is -3.70. The van der Waals surface area contributed by atoms with E-state index in [1.807, 2.05) is 0 Å². The number of halogens is 1. The van der Waals surface area contributed by atoms with Crippen molar-refractivity contribution in [3.63, 3.8) is 0 Å². The molecule has 0 aliphatic carbocycles. The Balaban J connectivity index is 1.99. The molecule has 0 spiro atoms. The first-order chi connectivity index (χ1) is 10.7. The summed E-state index contributed by atoms with van der Waals surface area (Å²) >= 11 is 2.24. The molecule has 0 aromatic heterocycles. The molecule has 1 rings (SSSR count). The van der Waals surface area contributed by atoms with Crippen LogP contribution in [-0.4, -0.2) is 59.1 Å². The summed E-state index contributed by atoms with van der Waals surface area (Å²) in [6, 6.07) is 8.02. The van der Waals surface area contributed by atoms with Crippen molar-refractivity contribution in [3.05, 3.63) is 30.3 Å². The van der Waals surface area contributed by atoms with Crippen molar-refractivity contribution in [2.75, 3.05) is 50.7 Å². The summed E-state index contributed by atoms with van der Waals surface area (Å²) in [4.78, 5) is 0.143. The Morgan fingerprint density at radius 3 is 1.82 bits per heavy atom. The third kappa shape index (κ3) is 9.01. The van der Waals surface area contributed by atoms with Gasteiger partial charge in [0.05, 0.1) is 51.1 Å². The van der Waals surface area contributed by atoms with Gasteiger partial charge in [0, 0.05) is 4.43 Å². The maximum Gasteiger partial charge on any atom is 0.297 e. The largest absolute Gasteiger partial charge is 0.378 e. The standard InChI is InChI=1S/C14H21IO6S/c15-6-7-18-8-9-19-10-11-20-12-13-21-22(16,17)14-4-2-1-3-5-14/h1-5H,6-13H2. The van der Waals surface area contributed by atoms with Crippen molar-refractivity contribution in [2.45, 2.75) is 4.90 Å². The van der Waals surface area contributed by atoms with Crippen LogP contribution in [0.3, 0.4) is 0 Å². The third-order valence-corrected chi connectivity index (χ3v) is 4.23. The van der Waals surface area contributed by atoms with Gasteiger partial charge in [0.1, 0.15) is 0 Å². The van der Waals surface area contributed by atoms with Crippen LogP contribution < -0.4 is 0 Å². The molecular weight excluding hydrogens is 423 g/mol. The lowest BCUT2D eigenvalue weighted by Crippen LogP contribution is -2.14. The first-order valence-corrected chi connectivity index (χ1v) is 9.84. The Bertz CT molecular complexity index is 479. The van der Waals surface area contributed by atoms with Gasteiger partial charge in [-0.05, 0) is 12.1 Å². The molecule has 1 aromatic carbocycles. The number of rotatable bonds is 13. The average Bonchev–Trinajstić information content (AvgIpc) is 2.53. The van der Waals surface area contributed by atoms with E-state index in [1.54, 1.807) is 18.2 Å². The lowest BCUT2D eigenvalue weighted by Gasteiger charge is -2.07. The van der Waals surface area contributed by atoms with Crippen LogP contribution in [0.1, 0.15) is 0 Å². The molecule has 0 amide bonds. The Morgan fingerprint density at radius 2 is 1.27 bits per heavy atom. The Hall–Kier alpha value is -0.260. The number of ether oxygens (including phenoxy) is 3. The van der Waals surface area contributed by atoms with Crippen LogP contribution in [0, 0.1) is 0 Å². The average molecular weight is 444 g/mol. The van der Waals surface area contributed by atoms with Gasteiger partial charge in [-0.3, -0.25) is 4.18 Å². The van der Waals surface area contributed by atoms with Gasteiger partial charge in [0.15, 0.2) is 0 Å². The van der Waals surface area contributed by atoms with Crippen LogP contribution in [0.5, 0.6) is 0 Å². The van der Waals surface area contributed by atoms with E-state index in [2.05, 4.69) is 22.6 Å². The second-order valence-corrected chi connectivity index (χ2v) is 6.81. The van der Waals surface area contributed by atoms with E-state index in [9.17, 15) is 8.42 Å². The summed E-state index contributed by atoms with van der Waals surface area (Å²) in [5, 5.41) is 0. The maximum absolute atomic E-state index is 11.8. The highest BCUT2D eigenvalue weighted by Crippen LogP contribution is 2.10. The molecule has 6 nitrogen and oxygen atoms in total. The molecule has 22 heavy (non-hydrogen) atoms. The summed E-state index contributed by atoms with van der Waals surface area (Å²) in [5.41, 5.74) is 0. The molecule has 0 aliphatic heterocycles. The van der Waals surface area contributed by atoms with E-state index in [0.717, 1.165) is 11.0 Å². The fourth-order valence-corrected chi connectivity index (χ4v) is 2.68. The smallest absolute Gasteiger partial charge is 0.297 e. The van der Waals surface area contributed by atoms with Crippen LogP contribution in [0.15, 0.2) is 35.2 Å². The van der Waals surface area contributed by atoms with Crippen molar-refractivity contribution in [3.8, 4) is 0 Å². The molecule has 126 valence electrons. The first-order valence-electron chi connectivity index (χ1n) is 6.90. The predicted octanol–water partition coefficient (Wildman–Crippen LogP) is 1.88. The van der Waals surface area contributed by atoms with Crippen LogP contribution in [0.2, 0.25) is 0 Å². The molecule has 0 saturated carbocycles. The van der Waals surface area contributed by atoms with Gasteiger partial charge in [-0.1, -0.05) is 40.8 Å². The van der Waals surface area contributed by atoms with E-state index >= 15 is 0 Å². The summed E-state index contributed by atoms with van der Waals surface area (Å²) in [6.45, 7) is 2.84. The van der Waals surface area contributed by atoms with E-state index in [4.69, 9.17) is 18.4 Å². The zero-order valence-electron chi connectivity index (χ0n) is 12.3. The Kier molecular flexibility index (Phi) is 11.0. The highest BCUT2D eigenvalue weighted by atomic mass is 127. The molecule has 0 bridgehead atoms. The molecule has 0 fully saturated rings. The SMILES string of the molecule is O=S(=O)(OCCOCCOCCOCCI)c1ccccc1. The molecule has 0 aliphatic rings. The Labute approximate surface area is 145 Å². The molecule has 0 unspecified atom stereocenters. The van der Waals surface area contributed by atoms with Gasteiger partial charge in [-0.15, -0.1) is 0 Å². The second kappa shape index (κ2) is 12.2. The summed E-state index contributed by atoms with van der Waals surface area (Å²) in [6.07, 6.45) is 0. The van der Waals surface area contributed by atoms with Crippen molar-refractivity contribution in [1.82, 2.24) is 0 Å². The van der Waals surface area contributed by atoms with Crippen LogP contribution in [0.25, 0.3) is 0 Å². The lowest BCUT2D eigenvalue weighted by molar-refractivity contribution is 0.0124. The monoisotopic (exact) mass is 444 g/mol.